The van der Waals surface area contributed by atoms with E-state index in [2.05, 4.69) is 6.92 Å². The fourth-order valence-electron chi connectivity index (χ4n) is 4.98. The summed E-state index contributed by atoms with van der Waals surface area (Å²) in [5, 5.41) is 8.83. The van der Waals surface area contributed by atoms with E-state index >= 15 is 0 Å². The molecule has 0 aromatic rings. The Labute approximate surface area is 138 Å². The van der Waals surface area contributed by atoms with Crippen LogP contribution in [0.2, 0.25) is 0 Å². The van der Waals surface area contributed by atoms with Gasteiger partial charge in [0, 0.05) is 30.3 Å². The van der Waals surface area contributed by atoms with Crippen LogP contribution in [0, 0.1) is 22.7 Å². The molecule has 0 saturated heterocycles. The Hall–Kier alpha value is -1.45. The van der Waals surface area contributed by atoms with Crippen molar-refractivity contribution in [1.82, 2.24) is 0 Å². The molecule has 0 aliphatic heterocycles. The van der Waals surface area contributed by atoms with Gasteiger partial charge in [0.2, 0.25) is 0 Å². The van der Waals surface area contributed by atoms with Gasteiger partial charge in [0.1, 0.15) is 11.6 Å². The number of ketones is 2. The quantitative estimate of drug-likeness (QED) is 0.800. The maximum Gasteiger partial charge on any atom is 0.328 e. The van der Waals surface area contributed by atoms with Gasteiger partial charge in [0.05, 0.1) is 0 Å². The van der Waals surface area contributed by atoms with E-state index in [1.165, 1.54) is 6.08 Å². The van der Waals surface area contributed by atoms with Crippen LogP contribution in [0.5, 0.6) is 0 Å². The molecule has 0 amide bonds. The van der Waals surface area contributed by atoms with E-state index in [0.29, 0.717) is 31.5 Å². The molecule has 0 spiro atoms. The zero-order valence-electron chi connectivity index (χ0n) is 14.6. The fraction of sp³-hybridized carbons (Fsp3) is 0.737. The molecule has 3 atom stereocenters. The maximum absolute atomic E-state index is 12.6. The number of aliphatic carboxylic acids is 1. The largest absolute Gasteiger partial charge is 0.478 e. The first-order chi connectivity index (χ1) is 10.6. The van der Waals surface area contributed by atoms with Crippen molar-refractivity contribution < 1.29 is 19.5 Å². The van der Waals surface area contributed by atoms with Crippen LogP contribution in [-0.2, 0) is 14.4 Å². The summed E-state index contributed by atoms with van der Waals surface area (Å²) in [6.45, 7) is 8.03. The van der Waals surface area contributed by atoms with Crippen molar-refractivity contribution in [3.05, 3.63) is 11.6 Å². The van der Waals surface area contributed by atoms with Gasteiger partial charge >= 0.3 is 5.97 Å². The lowest BCUT2D eigenvalue weighted by Crippen LogP contribution is -2.55. The number of carbonyl (C=O) groups is 3. The minimum absolute atomic E-state index is 0.0641. The maximum atomic E-state index is 12.6. The van der Waals surface area contributed by atoms with E-state index in [4.69, 9.17) is 5.11 Å². The van der Waals surface area contributed by atoms with Gasteiger partial charge in [-0.15, -0.1) is 0 Å². The summed E-state index contributed by atoms with van der Waals surface area (Å²) in [6, 6.07) is 0. The Bertz CT molecular complexity index is 558. The van der Waals surface area contributed by atoms with E-state index in [1.807, 2.05) is 13.8 Å². The Morgan fingerprint density at radius 3 is 2.52 bits per heavy atom. The summed E-state index contributed by atoms with van der Waals surface area (Å²) in [6.07, 6.45) is 5.20. The van der Waals surface area contributed by atoms with Crippen molar-refractivity contribution in [3.63, 3.8) is 0 Å². The van der Waals surface area contributed by atoms with Gasteiger partial charge in [-0.2, -0.15) is 0 Å². The van der Waals surface area contributed by atoms with Crippen LogP contribution in [0.4, 0.5) is 0 Å². The summed E-state index contributed by atoms with van der Waals surface area (Å²) in [4.78, 5) is 35.6. The van der Waals surface area contributed by atoms with E-state index in [-0.39, 0.29) is 28.4 Å². The van der Waals surface area contributed by atoms with Gasteiger partial charge < -0.3 is 5.11 Å². The van der Waals surface area contributed by atoms with Crippen LogP contribution in [-0.4, -0.2) is 22.6 Å². The molecule has 0 aromatic heterocycles. The van der Waals surface area contributed by atoms with Crippen LogP contribution in [0.15, 0.2) is 11.6 Å². The molecule has 2 rings (SSSR count). The van der Waals surface area contributed by atoms with Crippen molar-refractivity contribution in [1.29, 1.82) is 0 Å². The molecule has 4 heteroatoms. The van der Waals surface area contributed by atoms with Gasteiger partial charge in [-0.25, -0.2) is 4.79 Å². The first kappa shape index (κ1) is 17.9. The fourth-order valence-corrected chi connectivity index (χ4v) is 4.98. The van der Waals surface area contributed by atoms with E-state index in [0.717, 1.165) is 18.4 Å². The van der Waals surface area contributed by atoms with Crippen LogP contribution < -0.4 is 0 Å². The molecule has 0 radical (unpaired) electrons. The molecular weight excluding hydrogens is 292 g/mol. The van der Waals surface area contributed by atoms with Gasteiger partial charge in [0.25, 0.3) is 0 Å². The van der Waals surface area contributed by atoms with Gasteiger partial charge in [-0.3, -0.25) is 9.59 Å². The average Bonchev–Trinajstić information content (AvgIpc) is 2.42. The molecule has 128 valence electrons. The van der Waals surface area contributed by atoms with Crippen molar-refractivity contribution in [2.45, 2.75) is 66.2 Å². The van der Waals surface area contributed by atoms with Crippen LogP contribution in [0.3, 0.4) is 0 Å². The van der Waals surface area contributed by atoms with Crippen molar-refractivity contribution in [3.8, 4) is 0 Å². The Balaban J connectivity index is 2.22. The monoisotopic (exact) mass is 320 g/mol. The number of Topliss-reactive ketones (excluding diaryl/α,β-unsaturated/α-hetero) is 2. The summed E-state index contributed by atoms with van der Waals surface area (Å²) in [5.74, 6) is -0.161. The van der Waals surface area contributed by atoms with Gasteiger partial charge in [-0.05, 0) is 43.9 Å². The van der Waals surface area contributed by atoms with E-state index in [1.54, 1.807) is 6.92 Å². The first-order valence-corrected chi connectivity index (χ1v) is 8.55. The second-order valence-corrected chi connectivity index (χ2v) is 8.13. The summed E-state index contributed by atoms with van der Waals surface area (Å²) >= 11 is 0. The SMILES string of the molecule is CC(=CC(=O)O)CCC1C(=O)CCC2C(C)(C)C(=O)CCC12C. The highest BCUT2D eigenvalue weighted by molar-refractivity contribution is 5.88. The standard InChI is InChI=1S/C19H28O4/c1-12(11-17(22)23)5-6-13-14(20)7-8-15-18(2,3)16(21)9-10-19(13,15)4/h11,13,15H,5-10H2,1-4H3,(H,22,23). The molecule has 0 aromatic carbocycles. The molecule has 2 aliphatic rings. The van der Waals surface area contributed by atoms with Crippen LogP contribution in [0.1, 0.15) is 66.2 Å². The van der Waals surface area contributed by atoms with Crippen LogP contribution in [0.25, 0.3) is 0 Å². The van der Waals surface area contributed by atoms with Gasteiger partial charge in [0.15, 0.2) is 0 Å². The number of hydrogen-bond donors (Lipinski definition) is 1. The molecule has 0 heterocycles. The first-order valence-electron chi connectivity index (χ1n) is 8.55. The minimum atomic E-state index is -0.939. The second kappa shape index (κ2) is 6.21. The van der Waals surface area contributed by atoms with E-state index in [9.17, 15) is 14.4 Å². The molecule has 23 heavy (non-hydrogen) atoms. The van der Waals surface area contributed by atoms with Crippen molar-refractivity contribution in [2.24, 2.45) is 22.7 Å². The number of fused-ring (bicyclic) bond motifs is 1. The Morgan fingerprint density at radius 2 is 1.91 bits per heavy atom. The molecule has 2 fully saturated rings. The Kier molecular flexibility index (Phi) is 4.84. The highest BCUT2D eigenvalue weighted by Gasteiger charge is 2.57. The number of carbonyl (C=O) groups excluding carboxylic acids is 2. The molecule has 3 unspecified atom stereocenters. The summed E-state index contributed by atoms with van der Waals surface area (Å²) in [5.41, 5.74) is 0.288. The van der Waals surface area contributed by atoms with Gasteiger partial charge in [-0.1, -0.05) is 26.3 Å². The predicted octanol–water partition coefficient (Wildman–Crippen LogP) is 3.79. The lowest BCUT2D eigenvalue weighted by molar-refractivity contribution is -0.156. The number of carboxylic acid groups (broad SMARTS) is 1. The summed E-state index contributed by atoms with van der Waals surface area (Å²) < 4.78 is 0. The zero-order valence-corrected chi connectivity index (χ0v) is 14.6. The third-order valence-corrected chi connectivity index (χ3v) is 6.34. The highest BCUT2D eigenvalue weighted by atomic mass is 16.4. The topological polar surface area (TPSA) is 71.4 Å². The van der Waals surface area contributed by atoms with Crippen molar-refractivity contribution >= 4 is 17.5 Å². The van der Waals surface area contributed by atoms with Crippen LogP contribution >= 0.6 is 0 Å². The zero-order chi connectivity index (χ0) is 17.4. The lowest BCUT2D eigenvalue weighted by atomic mass is 9.47. The third-order valence-electron chi connectivity index (χ3n) is 6.34. The summed E-state index contributed by atoms with van der Waals surface area (Å²) in [7, 11) is 0. The number of rotatable bonds is 4. The Morgan fingerprint density at radius 1 is 1.26 bits per heavy atom. The molecule has 4 nitrogen and oxygen atoms in total. The molecule has 2 saturated carbocycles. The number of allylic oxidation sites excluding steroid dienone is 1. The molecular formula is C19H28O4. The number of hydrogen-bond acceptors (Lipinski definition) is 3. The smallest absolute Gasteiger partial charge is 0.328 e. The number of carboxylic acids is 1. The molecule has 2 aliphatic carbocycles. The predicted molar refractivity (Wildman–Crippen MR) is 88.0 cm³/mol. The third kappa shape index (κ3) is 3.26. The highest BCUT2D eigenvalue weighted by Crippen LogP contribution is 2.58. The molecule has 1 N–H and O–H groups in total. The lowest BCUT2D eigenvalue weighted by Gasteiger charge is -2.55. The van der Waals surface area contributed by atoms with E-state index < -0.39 is 5.97 Å². The second-order valence-electron chi connectivity index (χ2n) is 8.13. The average molecular weight is 320 g/mol. The minimum Gasteiger partial charge on any atom is -0.478 e. The normalized spacial score (nSPS) is 34.2. The molecule has 0 bridgehead atoms. The van der Waals surface area contributed by atoms with Crippen molar-refractivity contribution in [2.75, 3.05) is 0 Å².